The molecule has 9 heteroatoms. The van der Waals surface area contributed by atoms with Gasteiger partial charge in [-0.1, -0.05) is 0 Å². The van der Waals surface area contributed by atoms with E-state index in [9.17, 15) is 18.0 Å². The van der Waals surface area contributed by atoms with Crippen molar-refractivity contribution in [3.8, 4) is 5.75 Å². The minimum Gasteiger partial charge on any atom is -0.497 e. The van der Waals surface area contributed by atoms with Crippen molar-refractivity contribution in [3.63, 3.8) is 0 Å². The van der Waals surface area contributed by atoms with Gasteiger partial charge in [0.1, 0.15) is 10.8 Å². The van der Waals surface area contributed by atoms with Gasteiger partial charge in [-0.15, -0.1) is 11.3 Å². The largest absolute Gasteiger partial charge is 0.497 e. The molecule has 25 heavy (non-hydrogen) atoms. The van der Waals surface area contributed by atoms with E-state index in [0.717, 1.165) is 11.3 Å². The van der Waals surface area contributed by atoms with Crippen molar-refractivity contribution in [1.29, 1.82) is 0 Å². The number of hydrogen-bond acceptors (Lipinski definition) is 7. The van der Waals surface area contributed by atoms with Crippen LogP contribution >= 0.6 is 11.3 Å². The Labute approximate surface area is 149 Å². The molecule has 7 nitrogen and oxygen atoms in total. The number of benzene rings is 1. The number of amides is 1. The quantitative estimate of drug-likeness (QED) is 0.737. The Balaban J connectivity index is 1.99. The summed E-state index contributed by atoms with van der Waals surface area (Å²) in [4.78, 5) is 23.7. The van der Waals surface area contributed by atoms with Gasteiger partial charge in [0.05, 0.1) is 30.4 Å². The molecular weight excluding hydrogens is 366 g/mol. The highest BCUT2D eigenvalue weighted by Crippen LogP contribution is 2.24. The van der Waals surface area contributed by atoms with E-state index in [2.05, 4.69) is 10.1 Å². The Morgan fingerprint density at radius 1 is 1.12 bits per heavy atom. The molecule has 0 spiro atoms. The third kappa shape index (κ3) is 4.80. The van der Waals surface area contributed by atoms with E-state index in [1.807, 2.05) is 0 Å². The van der Waals surface area contributed by atoms with Crippen molar-refractivity contribution in [1.82, 2.24) is 0 Å². The van der Waals surface area contributed by atoms with Gasteiger partial charge in [-0.05, 0) is 35.7 Å². The molecule has 0 atom stereocenters. The van der Waals surface area contributed by atoms with Crippen LogP contribution < -0.4 is 10.1 Å². The van der Waals surface area contributed by atoms with E-state index in [1.54, 1.807) is 17.5 Å². The minimum atomic E-state index is -3.59. The summed E-state index contributed by atoms with van der Waals surface area (Å²) >= 11 is 1.16. The molecule has 2 rings (SSSR count). The molecule has 0 saturated carbocycles. The molecule has 1 aromatic carbocycles. The summed E-state index contributed by atoms with van der Waals surface area (Å²) in [7, 11) is -0.865. The topological polar surface area (TPSA) is 98.8 Å². The van der Waals surface area contributed by atoms with Crippen LogP contribution in [0.15, 0.2) is 40.6 Å². The van der Waals surface area contributed by atoms with Crippen LogP contribution in [0.25, 0.3) is 0 Å². The van der Waals surface area contributed by atoms with Gasteiger partial charge in [0.2, 0.25) is 5.91 Å². The van der Waals surface area contributed by atoms with Crippen LogP contribution in [0.3, 0.4) is 0 Å². The molecule has 0 bridgehead atoms. The molecule has 1 amide bonds. The number of anilines is 1. The van der Waals surface area contributed by atoms with Crippen molar-refractivity contribution in [2.75, 3.05) is 25.3 Å². The average molecular weight is 383 g/mol. The van der Waals surface area contributed by atoms with E-state index in [4.69, 9.17) is 4.74 Å². The lowest BCUT2D eigenvalue weighted by Gasteiger charge is -2.07. The Kier molecular flexibility index (Phi) is 6.16. The number of carbonyl (C=O) groups excluding carboxylic acids is 2. The molecule has 0 aliphatic rings. The molecule has 0 unspecified atom stereocenters. The molecule has 0 fully saturated rings. The molecule has 0 radical (unpaired) electrons. The number of esters is 1. The molecular formula is C16H17NO6S2. The second kappa shape index (κ2) is 8.13. The summed E-state index contributed by atoms with van der Waals surface area (Å²) in [6, 6.07) is 7.48. The predicted octanol–water partition coefficient (Wildman–Crippen LogP) is 2.35. The van der Waals surface area contributed by atoms with Gasteiger partial charge < -0.3 is 14.8 Å². The summed E-state index contributed by atoms with van der Waals surface area (Å²) in [6.45, 7) is 0. The van der Waals surface area contributed by atoms with E-state index in [1.165, 1.54) is 32.4 Å². The van der Waals surface area contributed by atoms with Gasteiger partial charge in [-0.25, -0.2) is 13.2 Å². The van der Waals surface area contributed by atoms with Crippen molar-refractivity contribution in [2.45, 2.75) is 11.3 Å². The number of sulfone groups is 1. The molecule has 1 N–H and O–H groups in total. The number of thiophene rings is 1. The van der Waals surface area contributed by atoms with Gasteiger partial charge >= 0.3 is 5.97 Å². The number of carbonyl (C=O) groups is 2. The molecule has 0 aliphatic heterocycles. The first kappa shape index (κ1) is 18.9. The maximum atomic E-state index is 12.3. The molecule has 0 saturated heterocycles. The van der Waals surface area contributed by atoms with E-state index >= 15 is 0 Å². The first-order valence-electron chi connectivity index (χ1n) is 7.20. The Bertz CT molecular complexity index is 855. The number of hydrogen-bond donors (Lipinski definition) is 1. The lowest BCUT2D eigenvalue weighted by Crippen LogP contribution is -2.18. The zero-order chi connectivity index (χ0) is 18.4. The smallest absolute Gasteiger partial charge is 0.340 e. The zero-order valence-corrected chi connectivity index (χ0v) is 15.3. The van der Waals surface area contributed by atoms with Crippen molar-refractivity contribution in [3.05, 3.63) is 41.3 Å². The lowest BCUT2D eigenvalue weighted by atomic mass is 10.3. The molecule has 1 heterocycles. The van der Waals surface area contributed by atoms with Gasteiger partial charge in [0, 0.05) is 6.42 Å². The molecule has 0 aliphatic carbocycles. The minimum absolute atomic E-state index is 0.118. The van der Waals surface area contributed by atoms with Crippen LogP contribution in [0, 0.1) is 0 Å². The van der Waals surface area contributed by atoms with Crippen molar-refractivity contribution < 1.29 is 27.5 Å². The van der Waals surface area contributed by atoms with Gasteiger partial charge in [-0.2, -0.15) is 0 Å². The Morgan fingerprint density at radius 2 is 1.80 bits per heavy atom. The summed E-state index contributed by atoms with van der Waals surface area (Å²) < 4.78 is 34.1. The van der Waals surface area contributed by atoms with Crippen molar-refractivity contribution >= 4 is 38.1 Å². The van der Waals surface area contributed by atoms with E-state index in [0.29, 0.717) is 10.8 Å². The number of methoxy groups -OCH3 is 2. The van der Waals surface area contributed by atoms with Crippen LogP contribution in [-0.4, -0.2) is 40.3 Å². The summed E-state index contributed by atoms with van der Waals surface area (Å²) in [5.41, 5.74) is 0.235. The highest BCUT2D eigenvalue weighted by molar-refractivity contribution is 7.91. The van der Waals surface area contributed by atoms with Crippen LogP contribution in [0.4, 0.5) is 5.00 Å². The van der Waals surface area contributed by atoms with Crippen LogP contribution in [-0.2, 0) is 19.4 Å². The van der Waals surface area contributed by atoms with Crippen molar-refractivity contribution in [2.24, 2.45) is 0 Å². The highest BCUT2D eigenvalue weighted by atomic mass is 32.2. The zero-order valence-electron chi connectivity index (χ0n) is 13.6. The molecule has 1 aromatic heterocycles. The third-order valence-electron chi connectivity index (χ3n) is 3.34. The van der Waals surface area contributed by atoms with Gasteiger partial charge in [0.15, 0.2) is 9.84 Å². The Morgan fingerprint density at radius 3 is 2.40 bits per heavy atom. The second-order valence-corrected chi connectivity index (χ2v) is 7.97. The van der Waals surface area contributed by atoms with E-state index in [-0.39, 0.29) is 22.6 Å². The molecule has 134 valence electrons. The predicted molar refractivity (Wildman–Crippen MR) is 94.0 cm³/mol. The van der Waals surface area contributed by atoms with Gasteiger partial charge in [-0.3, -0.25) is 4.79 Å². The van der Waals surface area contributed by atoms with Gasteiger partial charge in [0.25, 0.3) is 0 Å². The summed E-state index contributed by atoms with van der Waals surface area (Å²) in [5, 5.41) is 4.51. The van der Waals surface area contributed by atoms with Crippen LogP contribution in [0.2, 0.25) is 0 Å². The SMILES string of the molecule is COC(=O)c1ccsc1NC(=O)CCS(=O)(=O)c1ccc(OC)cc1. The number of ether oxygens (including phenoxy) is 2. The highest BCUT2D eigenvalue weighted by Gasteiger charge is 2.19. The first-order chi connectivity index (χ1) is 11.9. The first-order valence-corrected chi connectivity index (χ1v) is 9.73. The lowest BCUT2D eigenvalue weighted by molar-refractivity contribution is -0.115. The normalized spacial score (nSPS) is 11.0. The fourth-order valence-electron chi connectivity index (χ4n) is 1.99. The van der Waals surface area contributed by atoms with E-state index < -0.39 is 21.7 Å². The fourth-order valence-corrected chi connectivity index (χ4v) is 4.03. The fraction of sp³-hybridized carbons (Fsp3) is 0.250. The maximum Gasteiger partial charge on any atom is 0.340 e. The third-order valence-corrected chi connectivity index (χ3v) is 5.90. The number of rotatable bonds is 7. The summed E-state index contributed by atoms with van der Waals surface area (Å²) in [5.74, 6) is -0.860. The average Bonchev–Trinajstić information content (AvgIpc) is 3.07. The monoisotopic (exact) mass is 383 g/mol. The second-order valence-electron chi connectivity index (χ2n) is 4.95. The number of nitrogens with one attached hydrogen (secondary N) is 1. The standard InChI is InChI=1S/C16H17NO6S2/c1-22-11-3-5-12(6-4-11)25(20,21)10-8-14(18)17-15-13(7-9-24-15)16(19)23-2/h3-7,9H,8,10H2,1-2H3,(H,17,18). The van der Waals surface area contributed by atoms with Crippen LogP contribution in [0.1, 0.15) is 16.8 Å². The Hall–Kier alpha value is -2.39. The van der Waals surface area contributed by atoms with Crippen LogP contribution in [0.5, 0.6) is 5.75 Å². The molecule has 2 aromatic rings. The maximum absolute atomic E-state index is 12.3. The summed E-state index contributed by atoms with van der Waals surface area (Å²) in [6.07, 6.45) is -0.229.